The van der Waals surface area contributed by atoms with Crippen LogP contribution in [-0.4, -0.2) is 20.0 Å². The lowest BCUT2D eigenvalue weighted by Gasteiger charge is -2.15. The van der Waals surface area contributed by atoms with Crippen LogP contribution in [0.3, 0.4) is 0 Å². The summed E-state index contributed by atoms with van der Waals surface area (Å²) in [5.74, 6) is -0.685. The van der Waals surface area contributed by atoms with Gasteiger partial charge in [0.2, 0.25) is 0 Å². The Morgan fingerprint density at radius 2 is 2.21 bits per heavy atom. The average molecular weight is 215 g/mol. The van der Waals surface area contributed by atoms with E-state index in [9.17, 15) is 13.2 Å². The van der Waals surface area contributed by atoms with Gasteiger partial charge in [0.1, 0.15) is 0 Å². The molecule has 1 aliphatic rings. The van der Waals surface area contributed by atoms with Crippen LogP contribution in [0, 0.1) is 0 Å². The summed E-state index contributed by atoms with van der Waals surface area (Å²) in [5, 5.41) is 0. The molecule has 0 amide bonds. The Morgan fingerprint density at radius 3 is 2.64 bits per heavy atom. The zero-order valence-corrected chi connectivity index (χ0v) is 8.26. The summed E-state index contributed by atoms with van der Waals surface area (Å²) in [6, 6.07) is 0. The van der Waals surface area contributed by atoms with Gasteiger partial charge in [-0.1, -0.05) is 6.58 Å². The third-order valence-corrected chi connectivity index (χ3v) is 2.45. The number of nitrogens with zero attached hydrogens (tertiary/aromatic N) is 1. The first-order valence-electron chi connectivity index (χ1n) is 3.63. The second-order valence-corrected chi connectivity index (χ2v) is 3.94. The number of ketones is 1. The lowest BCUT2D eigenvalue weighted by molar-refractivity contribution is -0.113. The molecule has 0 aromatic heterocycles. The smallest absolute Gasteiger partial charge is 0.344 e. The number of rotatable bonds is 2. The van der Waals surface area contributed by atoms with Gasteiger partial charge in [-0.2, -0.15) is 8.42 Å². The highest BCUT2D eigenvalue weighted by Crippen LogP contribution is 2.12. The first-order chi connectivity index (χ1) is 6.37. The van der Waals surface area contributed by atoms with Gasteiger partial charge in [-0.05, 0) is 13.0 Å². The second kappa shape index (κ2) is 3.26. The van der Waals surface area contributed by atoms with Crippen LogP contribution < -0.4 is 10.5 Å². The molecule has 0 aromatic carbocycles. The third-order valence-electron chi connectivity index (χ3n) is 1.54. The molecule has 0 fully saturated rings. The van der Waals surface area contributed by atoms with E-state index in [-0.39, 0.29) is 22.9 Å². The molecular weight excluding hydrogens is 206 g/mol. The number of Topliss-reactive ketones (excluding diaryl/α,β-unsaturated/α-hetero) is 1. The number of carbonyl (C=O) groups is 1. The molecule has 0 unspecified atom stereocenters. The molecule has 0 aromatic rings. The maximum atomic E-state index is 11.1. The number of hydrogen-bond acceptors (Lipinski definition) is 4. The van der Waals surface area contributed by atoms with Crippen molar-refractivity contribution < 1.29 is 13.2 Å². The average Bonchev–Trinajstić information content (AvgIpc) is 1.99. The van der Waals surface area contributed by atoms with Crippen molar-refractivity contribution in [1.82, 2.24) is 4.72 Å². The summed E-state index contributed by atoms with van der Waals surface area (Å²) >= 11 is 0. The number of nitrogens with two attached hydrogens (primary N) is 1. The molecule has 1 heterocycles. The van der Waals surface area contributed by atoms with Crippen LogP contribution in [0.4, 0.5) is 0 Å². The standard InChI is InChI=1S/C7H9N3O3S/c1-3-5-6(4(2)11)7(8)10-14(12,13)9-5/h3,9H,1H2,2H3,(H2,8,10). The fraction of sp³-hybridized carbons (Fsp3) is 0.143. The Morgan fingerprint density at radius 1 is 1.64 bits per heavy atom. The van der Waals surface area contributed by atoms with E-state index in [2.05, 4.69) is 11.0 Å². The summed E-state index contributed by atoms with van der Waals surface area (Å²) in [6.45, 7) is 4.63. The van der Waals surface area contributed by atoms with Gasteiger partial charge in [-0.15, -0.1) is 4.40 Å². The van der Waals surface area contributed by atoms with E-state index in [0.29, 0.717) is 0 Å². The van der Waals surface area contributed by atoms with E-state index in [1.807, 2.05) is 4.72 Å². The normalized spacial score (nSPS) is 19.6. The molecule has 7 heteroatoms. The fourth-order valence-corrected chi connectivity index (χ4v) is 1.90. The number of allylic oxidation sites excluding steroid dienone is 1. The van der Waals surface area contributed by atoms with Gasteiger partial charge in [-0.3, -0.25) is 9.52 Å². The molecule has 6 nitrogen and oxygen atoms in total. The van der Waals surface area contributed by atoms with Crippen molar-refractivity contribution in [3.8, 4) is 0 Å². The summed E-state index contributed by atoms with van der Waals surface area (Å²) in [5.41, 5.74) is 5.42. The van der Waals surface area contributed by atoms with E-state index < -0.39 is 10.2 Å². The number of nitrogens with one attached hydrogen (secondary N) is 1. The largest absolute Gasteiger partial charge is 0.382 e. The van der Waals surface area contributed by atoms with Crippen molar-refractivity contribution in [3.05, 3.63) is 23.9 Å². The van der Waals surface area contributed by atoms with Crippen molar-refractivity contribution in [3.63, 3.8) is 0 Å². The molecule has 0 spiro atoms. The second-order valence-electron chi connectivity index (χ2n) is 2.60. The molecule has 76 valence electrons. The van der Waals surface area contributed by atoms with Gasteiger partial charge in [0, 0.05) is 0 Å². The first kappa shape index (κ1) is 10.5. The van der Waals surface area contributed by atoms with Crippen molar-refractivity contribution >= 4 is 21.8 Å². The lowest BCUT2D eigenvalue weighted by Crippen LogP contribution is -2.35. The van der Waals surface area contributed by atoms with E-state index >= 15 is 0 Å². The molecule has 14 heavy (non-hydrogen) atoms. The van der Waals surface area contributed by atoms with Crippen LogP contribution in [0.2, 0.25) is 0 Å². The van der Waals surface area contributed by atoms with Crippen LogP contribution in [0.5, 0.6) is 0 Å². The molecule has 0 atom stereocenters. The monoisotopic (exact) mass is 215 g/mol. The molecule has 1 aliphatic heterocycles. The third kappa shape index (κ3) is 1.82. The van der Waals surface area contributed by atoms with Crippen LogP contribution in [0.15, 0.2) is 28.3 Å². The minimum atomic E-state index is -3.83. The van der Waals surface area contributed by atoms with E-state index in [1.54, 1.807) is 0 Å². The van der Waals surface area contributed by atoms with E-state index in [1.165, 1.54) is 13.0 Å². The summed E-state index contributed by atoms with van der Waals surface area (Å²) < 4.78 is 27.2. The van der Waals surface area contributed by atoms with Crippen molar-refractivity contribution in [2.45, 2.75) is 6.92 Å². The Labute approximate surface area is 81.4 Å². The highest BCUT2D eigenvalue weighted by Gasteiger charge is 2.24. The Balaban J connectivity index is 3.39. The number of amidine groups is 1. The molecule has 3 N–H and O–H groups in total. The molecule has 0 bridgehead atoms. The van der Waals surface area contributed by atoms with Crippen LogP contribution in [0.25, 0.3) is 0 Å². The lowest BCUT2D eigenvalue weighted by atomic mass is 10.1. The van der Waals surface area contributed by atoms with E-state index in [4.69, 9.17) is 5.73 Å². The molecule has 0 saturated heterocycles. The zero-order valence-electron chi connectivity index (χ0n) is 7.44. The van der Waals surface area contributed by atoms with Gasteiger partial charge in [0.05, 0.1) is 11.3 Å². The number of hydrogen-bond donors (Lipinski definition) is 2. The van der Waals surface area contributed by atoms with Crippen LogP contribution in [0.1, 0.15) is 6.92 Å². The number of carbonyl (C=O) groups excluding carboxylic acids is 1. The Kier molecular flexibility index (Phi) is 2.43. The highest BCUT2D eigenvalue weighted by molar-refractivity contribution is 7.88. The summed E-state index contributed by atoms with van der Waals surface area (Å²) in [4.78, 5) is 11.1. The first-order valence-corrected chi connectivity index (χ1v) is 5.07. The highest BCUT2D eigenvalue weighted by atomic mass is 32.2. The maximum absolute atomic E-state index is 11.1. The molecular formula is C7H9N3O3S. The van der Waals surface area contributed by atoms with Gasteiger partial charge in [0.25, 0.3) is 0 Å². The predicted molar refractivity (Wildman–Crippen MR) is 51.6 cm³/mol. The topological polar surface area (TPSA) is 102 Å². The Hall–Kier alpha value is -1.63. The van der Waals surface area contributed by atoms with Crippen molar-refractivity contribution in [2.24, 2.45) is 10.1 Å². The molecule has 0 saturated carbocycles. The molecule has 1 rings (SSSR count). The van der Waals surface area contributed by atoms with Gasteiger partial charge in [-0.25, -0.2) is 0 Å². The molecule has 0 aliphatic carbocycles. The summed E-state index contributed by atoms with van der Waals surface area (Å²) in [7, 11) is -3.83. The Bertz CT molecular complexity index is 459. The van der Waals surface area contributed by atoms with Crippen LogP contribution >= 0.6 is 0 Å². The van der Waals surface area contributed by atoms with E-state index in [0.717, 1.165) is 0 Å². The fourth-order valence-electron chi connectivity index (χ4n) is 1.04. The van der Waals surface area contributed by atoms with Crippen molar-refractivity contribution in [2.75, 3.05) is 0 Å². The zero-order chi connectivity index (χ0) is 10.9. The SMILES string of the molecule is C=CC1=C(C(C)=O)C(N)=NS(=O)(=O)N1. The minimum Gasteiger partial charge on any atom is -0.382 e. The molecule has 0 radical (unpaired) electrons. The summed E-state index contributed by atoms with van der Waals surface area (Å²) in [6.07, 6.45) is 1.20. The quantitative estimate of drug-likeness (QED) is 0.630. The van der Waals surface area contributed by atoms with Gasteiger partial charge < -0.3 is 5.73 Å². The van der Waals surface area contributed by atoms with Gasteiger partial charge >= 0.3 is 10.2 Å². The van der Waals surface area contributed by atoms with Crippen molar-refractivity contribution in [1.29, 1.82) is 0 Å². The maximum Gasteiger partial charge on any atom is 0.344 e. The van der Waals surface area contributed by atoms with Gasteiger partial charge in [0.15, 0.2) is 11.6 Å². The predicted octanol–water partition coefficient (Wildman–Crippen LogP) is -0.779. The van der Waals surface area contributed by atoms with Crippen LogP contribution in [-0.2, 0) is 15.0 Å². The minimum absolute atomic E-state index is 0.0369.